The molecule has 0 saturated heterocycles. The molecule has 1 aliphatic rings. The van der Waals surface area contributed by atoms with E-state index in [0.29, 0.717) is 5.75 Å². The molecule has 0 spiro atoms. The number of carbonyl (C=O) groups excluding carboxylic acids is 1. The maximum absolute atomic E-state index is 12.4. The summed E-state index contributed by atoms with van der Waals surface area (Å²) in [6.45, 7) is 0. The molecule has 2 aromatic rings. The van der Waals surface area contributed by atoms with E-state index in [2.05, 4.69) is 11.1 Å². The lowest BCUT2D eigenvalue weighted by atomic mass is 10.3. The highest BCUT2D eigenvalue weighted by Crippen LogP contribution is 2.24. The van der Waals surface area contributed by atoms with Crippen LogP contribution in [0.3, 0.4) is 0 Å². The van der Waals surface area contributed by atoms with Crippen molar-refractivity contribution in [3.8, 4) is 11.4 Å². The minimum Gasteiger partial charge on any atom is -0.497 e. The molecule has 5 nitrogen and oxygen atoms in total. The Bertz CT molecular complexity index is 737. The van der Waals surface area contributed by atoms with E-state index in [0.717, 1.165) is 41.6 Å². The molecule has 0 radical (unpaired) electrons. The van der Waals surface area contributed by atoms with Crippen molar-refractivity contribution in [2.45, 2.75) is 24.4 Å². The number of aromatic nitrogens is 2. The first-order chi connectivity index (χ1) is 11.7. The number of hydrogen-bond acceptors (Lipinski definition) is 4. The van der Waals surface area contributed by atoms with E-state index in [1.165, 1.54) is 11.8 Å². The molecule has 1 amide bonds. The van der Waals surface area contributed by atoms with Gasteiger partial charge < -0.3 is 9.64 Å². The summed E-state index contributed by atoms with van der Waals surface area (Å²) in [6.07, 6.45) is 9.01. The van der Waals surface area contributed by atoms with Gasteiger partial charge in [0.15, 0.2) is 5.16 Å². The van der Waals surface area contributed by atoms with Gasteiger partial charge in [-0.1, -0.05) is 17.8 Å². The monoisotopic (exact) mass is 343 g/mol. The third-order valence-corrected chi connectivity index (χ3v) is 5.06. The number of carbonyl (C=O) groups is 1. The molecule has 126 valence electrons. The predicted octanol–water partition coefficient (Wildman–Crippen LogP) is 3.50. The van der Waals surface area contributed by atoms with Crippen molar-refractivity contribution in [2.24, 2.45) is 0 Å². The second-order valence-electron chi connectivity index (χ2n) is 5.61. The molecule has 0 atom stereocenters. The largest absolute Gasteiger partial charge is 0.497 e. The Morgan fingerprint density at radius 3 is 2.83 bits per heavy atom. The molecule has 6 heteroatoms. The van der Waals surface area contributed by atoms with Crippen LogP contribution in [0.4, 0.5) is 0 Å². The average molecular weight is 343 g/mol. The minimum atomic E-state index is 0.109. The maximum Gasteiger partial charge on any atom is 0.236 e. The van der Waals surface area contributed by atoms with Crippen molar-refractivity contribution >= 4 is 17.7 Å². The Hall–Kier alpha value is -2.21. The van der Waals surface area contributed by atoms with Gasteiger partial charge in [-0.15, -0.1) is 0 Å². The number of ether oxygens (including phenoxy) is 1. The Labute approximate surface area is 146 Å². The van der Waals surface area contributed by atoms with E-state index in [-0.39, 0.29) is 5.91 Å². The molecule has 3 rings (SSSR count). The van der Waals surface area contributed by atoms with E-state index in [1.807, 2.05) is 42.1 Å². The van der Waals surface area contributed by atoms with Crippen molar-refractivity contribution in [3.05, 3.63) is 48.4 Å². The Balaban J connectivity index is 1.66. The first-order valence-electron chi connectivity index (χ1n) is 7.95. The van der Waals surface area contributed by atoms with Gasteiger partial charge in [-0.2, -0.15) is 0 Å². The zero-order valence-electron chi connectivity index (χ0n) is 13.9. The topological polar surface area (TPSA) is 47.4 Å². The number of methoxy groups -OCH3 is 1. The van der Waals surface area contributed by atoms with Crippen LogP contribution in [0.15, 0.2) is 53.6 Å². The summed E-state index contributed by atoms with van der Waals surface area (Å²) in [5, 5.41) is 0.808. The standard InChI is InChI=1S/C18H21N3O2S/c1-20(14-5-3-4-6-14)17(22)13-24-18-19-11-12-21(18)15-7-9-16(23-2)10-8-15/h5,7-12H,3-4,6,13H2,1-2H3. The van der Waals surface area contributed by atoms with E-state index < -0.39 is 0 Å². The fraction of sp³-hybridized carbons (Fsp3) is 0.333. The van der Waals surface area contributed by atoms with Crippen LogP contribution < -0.4 is 4.74 Å². The van der Waals surface area contributed by atoms with Gasteiger partial charge in [-0.25, -0.2) is 4.98 Å². The normalized spacial score (nSPS) is 13.7. The minimum absolute atomic E-state index is 0.109. The van der Waals surface area contributed by atoms with Crippen molar-refractivity contribution < 1.29 is 9.53 Å². The molecule has 0 bridgehead atoms. The van der Waals surface area contributed by atoms with E-state index >= 15 is 0 Å². The summed E-state index contributed by atoms with van der Waals surface area (Å²) in [6, 6.07) is 7.77. The second kappa shape index (κ2) is 7.57. The number of hydrogen-bond donors (Lipinski definition) is 0. The fourth-order valence-electron chi connectivity index (χ4n) is 2.68. The van der Waals surface area contributed by atoms with Crippen LogP contribution in [-0.4, -0.2) is 40.3 Å². The van der Waals surface area contributed by atoms with Crippen LogP contribution in [0.25, 0.3) is 5.69 Å². The summed E-state index contributed by atoms with van der Waals surface area (Å²) >= 11 is 1.46. The van der Waals surface area contributed by atoms with E-state index in [4.69, 9.17) is 4.74 Å². The third-order valence-electron chi connectivity index (χ3n) is 4.10. The summed E-state index contributed by atoms with van der Waals surface area (Å²) in [4.78, 5) is 18.5. The number of rotatable bonds is 6. The van der Waals surface area contributed by atoms with Crippen molar-refractivity contribution in [2.75, 3.05) is 19.9 Å². The van der Waals surface area contributed by atoms with Crippen molar-refractivity contribution in [3.63, 3.8) is 0 Å². The summed E-state index contributed by atoms with van der Waals surface area (Å²) in [5.74, 6) is 1.30. The second-order valence-corrected chi connectivity index (χ2v) is 6.55. The third kappa shape index (κ3) is 3.64. The quantitative estimate of drug-likeness (QED) is 0.753. The zero-order valence-corrected chi connectivity index (χ0v) is 14.8. The number of imidazole rings is 1. The van der Waals surface area contributed by atoms with Gasteiger partial charge in [0, 0.05) is 30.8 Å². The number of allylic oxidation sites excluding steroid dienone is 2. The van der Waals surface area contributed by atoms with Gasteiger partial charge in [0.1, 0.15) is 5.75 Å². The lowest BCUT2D eigenvalue weighted by molar-refractivity contribution is -0.125. The molecule has 0 saturated carbocycles. The first kappa shape index (κ1) is 16.6. The summed E-state index contributed by atoms with van der Waals surface area (Å²) in [5.41, 5.74) is 2.13. The van der Waals surface area contributed by atoms with Crippen LogP contribution in [0, 0.1) is 0 Å². The molecule has 1 aromatic carbocycles. The Morgan fingerprint density at radius 2 is 2.17 bits per heavy atom. The van der Waals surface area contributed by atoms with Gasteiger partial charge in [0.25, 0.3) is 0 Å². The zero-order chi connectivity index (χ0) is 16.9. The van der Waals surface area contributed by atoms with Crippen molar-refractivity contribution in [1.29, 1.82) is 0 Å². The highest BCUT2D eigenvalue weighted by Gasteiger charge is 2.17. The van der Waals surface area contributed by atoms with Crippen LogP contribution in [-0.2, 0) is 4.79 Å². The van der Waals surface area contributed by atoms with Gasteiger partial charge in [0.2, 0.25) is 5.91 Å². The van der Waals surface area contributed by atoms with E-state index in [9.17, 15) is 4.79 Å². The van der Waals surface area contributed by atoms with Crippen molar-refractivity contribution in [1.82, 2.24) is 14.5 Å². The van der Waals surface area contributed by atoms with Crippen LogP contribution in [0.1, 0.15) is 19.3 Å². The molecule has 0 N–H and O–H groups in total. The van der Waals surface area contributed by atoms with Gasteiger partial charge in [0.05, 0.1) is 12.9 Å². The Kier molecular flexibility index (Phi) is 5.25. The molecular weight excluding hydrogens is 322 g/mol. The number of nitrogens with zero attached hydrogens (tertiary/aromatic N) is 3. The SMILES string of the molecule is COc1ccc(-n2ccnc2SCC(=O)N(C)C2=CCCC2)cc1. The van der Waals surface area contributed by atoms with E-state index in [1.54, 1.807) is 18.2 Å². The maximum atomic E-state index is 12.4. The smallest absolute Gasteiger partial charge is 0.236 e. The average Bonchev–Trinajstić information content (AvgIpc) is 3.30. The van der Waals surface area contributed by atoms with Crippen LogP contribution in [0.2, 0.25) is 0 Å². The fourth-order valence-corrected chi connectivity index (χ4v) is 3.56. The lowest BCUT2D eigenvalue weighted by Gasteiger charge is -2.18. The number of benzene rings is 1. The number of thioether (sulfide) groups is 1. The molecule has 1 aliphatic carbocycles. The van der Waals surface area contributed by atoms with Gasteiger partial charge in [-0.3, -0.25) is 9.36 Å². The highest BCUT2D eigenvalue weighted by atomic mass is 32.2. The molecule has 0 aliphatic heterocycles. The molecule has 24 heavy (non-hydrogen) atoms. The number of amides is 1. The molecular formula is C18H21N3O2S. The molecule has 0 fully saturated rings. The highest BCUT2D eigenvalue weighted by molar-refractivity contribution is 7.99. The summed E-state index contributed by atoms with van der Waals surface area (Å²) < 4.78 is 7.16. The first-order valence-corrected chi connectivity index (χ1v) is 8.94. The predicted molar refractivity (Wildman–Crippen MR) is 95.5 cm³/mol. The molecule has 0 unspecified atom stereocenters. The molecule has 1 heterocycles. The Morgan fingerprint density at radius 1 is 1.38 bits per heavy atom. The van der Waals surface area contributed by atoms with Gasteiger partial charge in [-0.05, 0) is 43.5 Å². The molecule has 1 aromatic heterocycles. The lowest BCUT2D eigenvalue weighted by Crippen LogP contribution is -2.27. The van der Waals surface area contributed by atoms with Crippen LogP contribution >= 0.6 is 11.8 Å². The van der Waals surface area contributed by atoms with Gasteiger partial charge >= 0.3 is 0 Å². The van der Waals surface area contributed by atoms with Crippen LogP contribution in [0.5, 0.6) is 5.75 Å². The summed E-state index contributed by atoms with van der Waals surface area (Å²) in [7, 11) is 3.51.